The van der Waals surface area contributed by atoms with E-state index in [4.69, 9.17) is 4.42 Å². The van der Waals surface area contributed by atoms with Gasteiger partial charge in [-0.25, -0.2) is 13.1 Å². The molecule has 28 heavy (non-hydrogen) atoms. The van der Waals surface area contributed by atoms with Gasteiger partial charge in [-0.05, 0) is 49.3 Å². The van der Waals surface area contributed by atoms with E-state index < -0.39 is 10.0 Å². The monoisotopic (exact) mass is 402 g/mol. The molecule has 1 amide bonds. The topological polar surface area (TPSA) is 79.6 Å². The Kier molecular flexibility index (Phi) is 5.29. The minimum absolute atomic E-state index is 0.00975. The van der Waals surface area contributed by atoms with Crippen LogP contribution in [0, 0.1) is 5.92 Å². The van der Waals surface area contributed by atoms with Crippen molar-refractivity contribution >= 4 is 15.9 Å². The van der Waals surface area contributed by atoms with E-state index in [0.717, 1.165) is 30.6 Å². The number of carbonyl (C=O) groups is 1. The summed E-state index contributed by atoms with van der Waals surface area (Å²) in [5.74, 6) is 1.26. The SMILES string of the molecule is CS(=O)(=O)N[C@H]1CCCN(C(=O)[C@@H]2C[C@H]2c2ccccc2-c2ccco2)CC1. The zero-order valence-electron chi connectivity index (χ0n) is 16.0. The lowest BCUT2D eigenvalue weighted by atomic mass is 10.00. The first-order chi connectivity index (χ1) is 13.4. The van der Waals surface area contributed by atoms with Gasteiger partial charge in [0.2, 0.25) is 15.9 Å². The summed E-state index contributed by atoms with van der Waals surface area (Å²) in [6.07, 6.45) is 5.97. The Labute approximate surface area is 166 Å². The predicted molar refractivity (Wildman–Crippen MR) is 107 cm³/mol. The Balaban J connectivity index is 1.42. The summed E-state index contributed by atoms with van der Waals surface area (Å²) < 4.78 is 31.2. The molecule has 1 aromatic carbocycles. The number of benzene rings is 1. The van der Waals surface area contributed by atoms with Crippen molar-refractivity contribution in [2.45, 2.75) is 37.6 Å². The number of amides is 1. The molecule has 1 saturated carbocycles. The van der Waals surface area contributed by atoms with E-state index in [-0.39, 0.29) is 23.8 Å². The van der Waals surface area contributed by atoms with Gasteiger partial charge in [0, 0.05) is 30.6 Å². The second-order valence-corrected chi connectivity index (χ2v) is 9.64. The number of furan rings is 1. The number of rotatable bonds is 5. The second kappa shape index (κ2) is 7.72. The van der Waals surface area contributed by atoms with Gasteiger partial charge in [0.15, 0.2) is 0 Å². The molecule has 4 rings (SSSR count). The van der Waals surface area contributed by atoms with Gasteiger partial charge in [0.25, 0.3) is 0 Å². The van der Waals surface area contributed by atoms with E-state index >= 15 is 0 Å². The first-order valence-electron chi connectivity index (χ1n) is 9.81. The number of likely N-dealkylation sites (tertiary alicyclic amines) is 1. The molecule has 1 N–H and O–H groups in total. The first-order valence-corrected chi connectivity index (χ1v) is 11.7. The van der Waals surface area contributed by atoms with Gasteiger partial charge in [-0.1, -0.05) is 24.3 Å². The smallest absolute Gasteiger partial charge is 0.226 e. The van der Waals surface area contributed by atoms with Crippen molar-refractivity contribution in [3.05, 3.63) is 48.2 Å². The summed E-state index contributed by atoms with van der Waals surface area (Å²) in [7, 11) is -3.22. The third-order valence-electron chi connectivity index (χ3n) is 5.68. The maximum atomic E-state index is 13.1. The summed E-state index contributed by atoms with van der Waals surface area (Å²) in [6.45, 7) is 1.30. The van der Waals surface area contributed by atoms with Crippen LogP contribution < -0.4 is 4.72 Å². The number of nitrogens with one attached hydrogen (secondary N) is 1. The molecule has 1 aliphatic carbocycles. The number of carbonyl (C=O) groups excluding carboxylic acids is 1. The number of hydrogen-bond acceptors (Lipinski definition) is 4. The average Bonchev–Trinajstić information content (AvgIpc) is 3.33. The molecule has 2 fully saturated rings. The van der Waals surface area contributed by atoms with Crippen LogP contribution >= 0.6 is 0 Å². The van der Waals surface area contributed by atoms with E-state index in [1.165, 1.54) is 11.8 Å². The second-order valence-electron chi connectivity index (χ2n) is 7.86. The number of nitrogens with zero attached hydrogens (tertiary/aromatic N) is 1. The fraction of sp³-hybridized carbons (Fsp3) is 0.476. The first kappa shape index (κ1) is 19.2. The van der Waals surface area contributed by atoms with Crippen LogP contribution in [0.15, 0.2) is 47.1 Å². The van der Waals surface area contributed by atoms with Gasteiger partial charge in [-0.2, -0.15) is 0 Å². The highest BCUT2D eigenvalue weighted by atomic mass is 32.2. The highest BCUT2D eigenvalue weighted by Crippen LogP contribution is 2.51. The minimum Gasteiger partial charge on any atom is -0.464 e. The highest BCUT2D eigenvalue weighted by Gasteiger charge is 2.46. The molecule has 1 aromatic heterocycles. The van der Waals surface area contributed by atoms with Crippen LogP contribution in [0.5, 0.6) is 0 Å². The Morgan fingerprint density at radius 2 is 1.96 bits per heavy atom. The third-order valence-corrected chi connectivity index (χ3v) is 6.44. The summed E-state index contributed by atoms with van der Waals surface area (Å²) in [5, 5.41) is 0. The predicted octanol–water partition coefficient (Wildman–Crippen LogP) is 2.98. The summed E-state index contributed by atoms with van der Waals surface area (Å²) in [6, 6.07) is 11.9. The van der Waals surface area contributed by atoms with Crippen LogP contribution in [0.25, 0.3) is 11.3 Å². The molecule has 6 nitrogen and oxygen atoms in total. The lowest BCUT2D eigenvalue weighted by Crippen LogP contribution is -2.36. The van der Waals surface area contributed by atoms with Crippen molar-refractivity contribution in [2.24, 2.45) is 5.92 Å². The van der Waals surface area contributed by atoms with Gasteiger partial charge in [-0.15, -0.1) is 0 Å². The van der Waals surface area contributed by atoms with Crippen LogP contribution in [0.1, 0.15) is 37.2 Å². The molecule has 2 heterocycles. The normalized spacial score (nSPS) is 25.3. The molecule has 1 saturated heterocycles. The Morgan fingerprint density at radius 3 is 2.71 bits per heavy atom. The van der Waals surface area contributed by atoms with Crippen molar-refractivity contribution in [2.75, 3.05) is 19.3 Å². The van der Waals surface area contributed by atoms with Crippen molar-refractivity contribution < 1.29 is 17.6 Å². The maximum absolute atomic E-state index is 13.1. The van der Waals surface area contributed by atoms with Gasteiger partial charge >= 0.3 is 0 Å². The highest BCUT2D eigenvalue weighted by molar-refractivity contribution is 7.88. The molecule has 7 heteroatoms. The lowest BCUT2D eigenvalue weighted by Gasteiger charge is -2.21. The van der Waals surface area contributed by atoms with Gasteiger partial charge in [-0.3, -0.25) is 4.79 Å². The van der Waals surface area contributed by atoms with Crippen LogP contribution in [-0.4, -0.2) is 44.6 Å². The van der Waals surface area contributed by atoms with Crippen molar-refractivity contribution in [1.29, 1.82) is 0 Å². The average molecular weight is 403 g/mol. The van der Waals surface area contributed by atoms with Gasteiger partial charge in [0.1, 0.15) is 5.76 Å². The van der Waals surface area contributed by atoms with Crippen LogP contribution in [0.4, 0.5) is 0 Å². The van der Waals surface area contributed by atoms with Crippen LogP contribution in [0.2, 0.25) is 0 Å². The zero-order chi connectivity index (χ0) is 19.7. The Morgan fingerprint density at radius 1 is 1.14 bits per heavy atom. The molecular weight excluding hydrogens is 376 g/mol. The van der Waals surface area contributed by atoms with Gasteiger partial charge in [0.05, 0.1) is 12.5 Å². The Bertz CT molecular complexity index is 939. The Hall–Kier alpha value is -2.12. The summed E-state index contributed by atoms with van der Waals surface area (Å²) >= 11 is 0. The molecule has 0 radical (unpaired) electrons. The van der Waals surface area contributed by atoms with Crippen molar-refractivity contribution in [3.63, 3.8) is 0 Å². The summed E-state index contributed by atoms with van der Waals surface area (Å²) in [5.41, 5.74) is 2.23. The van der Waals surface area contributed by atoms with Crippen LogP contribution in [-0.2, 0) is 14.8 Å². The molecule has 2 aromatic rings. The quantitative estimate of drug-likeness (QED) is 0.834. The number of sulfonamides is 1. The fourth-order valence-electron chi connectivity index (χ4n) is 4.26. The van der Waals surface area contributed by atoms with E-state index in [1.807, 2.05) is 35.2 Å². The molecule has 1 aliphatic heterocycles. The standard InChI is InChI=1S/C21H26N2O4S/c1-28(25,26)22-15-6-4-11-23(12-10-15)21(24)19-14-18(19)16-7-2-3-8-17(16)20-9-5-13-27-20/h2-3,5,7-9,13,15,18-19,22H,4,6,10-12,14H2,1H3/t15-,18-,19+/m0/s1. The molecular formula is C21H26N2O4S. The number of hydrogen-bond donors (Lipinski definition) is 1. The molecule has 0 unspecified atom stereocenters. The molecule has 150 valence electrons. The molecule has 3 atom stereocenters. The maximum Gasteiger partial charge on any atom is 0.226 e. The van der Waals surface area contributed by atoms with E-state index in [2.05, 4.69) is 10.8 Å². The van der Waals surface area contributed by atoms with E-state index in [1.54, 1.807) is 6.26 Å². The van der Waals surface area contributed by atoms with Crippen molar-refractivity contribution in [3.8, 4) is 11.3 Å². The minimum atomic E-state index is -3.22. The van der Waals surface area contributed by atoms with Gasteiger partial charge < -0.3 is 9.32 Å². The third kappa shape index (κ3) is 4.31. The van der Waals surface area contributed by atoms with E-state index in [9.17, 15) is 13.2 Å². The molecule has 0 spiro atoms. The molecule has 0 bridgehead atoms. The van der Waals surface area contributed by atoms with Crippen molar-refractivity contribution in [1.82, 2.24) is 9.62 Å². The van der Waals surface area contributed by atoms with E-state index in [0.29, 0.717) is 19.5 Å². The zero-order valence-corrected chi connectivity index (χ0v) is 16.8. The van der Waals surface area contributed by atoms with Crippen LogP contribution in [0.3, 0.4) is 0 Å². The lowest BCUT2D eigenvalue weighted by molar-refractivity contribution is -0.132. The summed E-state index contributed by atoms with van der Waals surface area (Å²) in [4.78, 5) is 15.0. The largest absolute Gasteiger partial charge is 0.464 e. The fourth-order valence-corrected chi connectivity index (χ4v) is 5.10. The molecule has 2 aliphatic rings.